The van der Waals surface area contributed by atoms with Gasteiger partial charge >= 0.3 is 6.09 Å². The Morgan fingerprint density at radius 1 is 1.07 bits per heavy atom. The number of thiazole rings is 1. The Bertz CT molecular complexity index is 1460. The zero-order valence-electron chi connectivity index (χ0n) is 23.2. The summed E-state index contributed by atoms with van der Waals surface area (Å²) in [6.45, 7) is 7.75. The summed E-state index contributed by atoms with van der Waals surface area (Å²) < 4.78 is 14.4. The van der Waals surface area contributed by atoms with E-state index in [-0.39, 0.29) is 18.4 Å². The highest BCUT2D eigenvalue weighted by Gasteiger charge is 2.27. The number of hydrogen-bond acceptors (Lipinski definition) is 9. The van der Waals surface area contributed by atoms with E-state index in [0.29, 0.717) is 13.1 Å². The van der Waals surface area contributed by atoms with E-state index < -0.39 is 5.60 Å². The number of hydrogen-bond donors (Lipinski definition) is 1. The molecule has 1 N–H and O–H groups in total. The Hall–Kier alpha value is -3.57. The Balaban J connectivity index is 1.12. The van der Waals surface area contributed by atoms with Gasteiger partial charge in [0.2, 0.25) is 0 Å². The number of carbonyl (C=O) groups excluding carboxylic acids is 1. The molecule has 0 radical (unpaired) electrons. The lowest BCUT2D eigenvalue weighted by molar-refractivity contribution is -0.0394. The van der Waals surface area contributed by atoms with Crippen LogP contribution in [0.15, 0.2) is 42.2 Å². The fourth-order valence-electron chi connectivity index (χ4n) is 5.25. The van der Waals surface area contributed by atoms with Crippen molar-refractivity contribution in [1.82, 2.24) is 29.9 Å². The lowest BCUT2D eigenvalue weighted by Gasteiger charge is -2.33. The van der Waals surface area contributed by atoms with Gasteiger partial charge in [0.25, 0.3) is 0 Å². The number of ether oxygens (including phenoxy) is 2. The van der Waals surface area contributed by atoms with Gasteiger partial charge in [-0.15, -0.1) is 21.5 Å². The minimum atomic E-state index is -0.484. The zero-order chi connectivity index (χ0) is 27.7. The van der Waals surface area contributed by atoms with E-state index in [2.05, 4.69) is 43.9 Å². The van der Waals surface area contributed by atoms with Gasteiger partial charge in [-0.2, -0.15) is 5.10 Å². The largest absolute Gasteiger partial charge is 0.444 e. The number of anilines is 1. The van der Waals surface area contributed by atoms with Crippen molar-refractivity contribution in [2.45, 2.75) is 70.7 Å². The van der Waals surface area contributed by atoms with Crippen LogP contribution in [0.3, 0.4) is 0 Å². The lowest BCUT2D eigenvalue weighted by atomic mass is 10.0. The first kappa shape index (κ1) is 26.6. The first-order chi connectivity index (χ1) is 19.3. The van der Waals surface area contributed by atoms with E-state index in [1.165, 1.54) is 0 Å². The van der Waals surface area contributed by atoms with Crippen molar-refractivity contribution in [3.63, 3.8) is 0 Å². The monoisotopic (exact) mass is 561 g/mol. The van der Waals surface area contributed by atoms with Crippen LogP contribution in [0.25, 0.3) is 32.6 Å². The third-order valence-electron chi connectivity index (χ3n) is 7.29. The van der Waals surface area contributed by atoms with E-state index in [9.17, 15) is 4.79 Å². The molecule has 10 nitrogen and oxygen atoms in total. The number of benzene rings is 1. The summed E-state index contributed by atoms with van der Waals surface area (Å²) in [5.74, 6) is 0.731. The number of amides is 1. The smallest absolute Gasteiger partial charge is 0.410 e. The molecule has 2 aliphatic rings. The number of nitrogens with one attached hydrogen (secondary N) is 1. The average molecular weight is 562 g/mol. The molecule has 2 saturated heterocycles. The number of rotatable bonds is 5. The Kier molecular flexibility index (Phi) is 7.41. The van der Waals surface area contributed by atoms with Gasteiger partial charge in [0.05, 0.1) is 27.6 Å². The van der Waals surface area contributed by atoms with Crippen molar-refractivity contribution < 1.29 is 14.3 Å². The summed E-state index contributed by atoms with van der Waals surface area (Å²) in [5, 5.41) is 17.1. The van der Waals surface area contributed by atoms with E-state index in [1.54, 1.807) is 16.2 Å². The van der Waals surface area contributed by atoms with Crippen LogP contribution in [0.4, 0.5) is 10.6 Å². The van der Waals surface area contributed by atoms with E-state index >= 15 is 0 Å². The van der Waals surface area contributed by atoms with Crippen molar-refractivity contribution in [3.05, 3.63) is 42.2 Å². The molecular weight excluding hydrogens is 526 g/mol. The number of likely N-dealkylation sites (tertiary alicyclic amines) is 1. The summed E-state index contributed by atoms with van der Waals surface area (Å²) in [5.41, 5.74) is 6.21. The average Bonchev–Trinajstić information content (AvgIpc) is 3.64. The molecule has 0 bridgehead atoms. The maximum absolute atomic E-state index is 12.3. The summed E-state index contributed by atoms with van der Waals surface area (Å²) >= 11 is 1.60. The molecule has 210 valence electrons. The van der Waals surface area contributed by atoms with Gasteiger partial charge in [-0.25, -0.2) is 14.5 Å². The summed E-state index contributed by atoms with van der Waals surface area (Å²) in [6, 6.07) is 8.38. The SMILES string of the molecule is CC(C)(C)OC(=O)N1CCC(Nc2ccc(-c3ccc(-c4cnn(C5CCCCO5)c4)c4ncsc34)nn2)CC1. The quantitative estimate of drug-likeness (QED) is 0.310. The first-order valence-corrected chi connectivity index (χ1v) is 14.8. The van der Waals surface area contributed by atoms with Crippen LogP contribution in [0.2, 0.25) is 0 Å². The molecular formula is C29H35N7O3S. The van der Waals surface area contributed by atoms with Crippen molar-refractivity contribution in [1.29, 1.82) is 0 Å². The fourth-order valence-corrected chi connectivity index (χ4v) is 6.08. The first-order valence-electron chi connectivity index (χ1n) is 13.9. The lowest BCUT2D eigenvalue weighted by Crippen LogP contribution is -2.44. The molecule has 40 heavy (non-hydrogen) atoms. The van der Waals surface area contributed by atoms with Crippen molar-refractivity contribution in [2.24, 2.45) is 0 Å². The molecule has 0 saturated carbocycles. The van der Waals surface area contributed by atoms with Crippen molar-refractivity contribution in [2.75, 3.05) is 25.0 Å². The number of piperidine rings is 1. The van der Waals surface area contributed by atoms with Crippen LogP contribution in [0.5, 0.6) is 0 Å². The highest BCUT2D eigenvalue weighted by molar-refractivity contribution is 7.17. The second-order valence-corrected chi connectivity index (χ2v) is 12.3. The van der Waals surface area contributed by atoms with Crippen LogP contribution in [0, 0.1) is 0 Å². The second-order valence-electron chi connectivity index (χ2n) is 11.4. The maximum atomic E-state index is 12.3. The molecule has 0 aliphatic carbocycles. The molecule has 4 aromatic rings. The van der Waals surface area contributed by atoms with Crippen LogP contribution in [0.1, 0.15) is 59.1 Å². The predicted octanol–water partition coefficient (Wildman–Crippen LogP) is 6.13. The van der Waals surface area contributed by atoms with Crippen LogP contribution in [-0.2, 0) is 9.47 Å². The number of nitrogens with zero attached hydrogens (tertiary/aromatic N) is 6. The molecule has 5 heterocycles. The zero-order valence-corrected chi connectivity index (χ0v) is 24.0. The third-order valence-corrected chi connectivity index (χ3v) is 8.15. The minimum absolute atomic E-state index is 0.00705. The molecule has 1 aromatic carbocycles. The second kappa shape index (κ2) is 11.1. The topological polar surface area (TPSA) is 107 Å². The van der Waals surface area contributed by atoms with E-state index in [4.69, 9.17) is 9.47 Å². The standard InChI is InChI=1S/C29H35N7O3S/c1-29(2,3)39-28(37)35-13-11-20(12-14-35)32-24-10-9-23(33-34-24)22-8-7-21(26-27(22)40-18-30-26)19-16-31-36(17-19)25-6-4-5-15-38-25/h7-10,16-18,20,25H,4-6,11-15H2,1-3H3,(H,32,34). The van der Waals surface area contributed by atoms with Crippen LogP contribution < -0.4 is 5.32 Å². The predicted molar refractivity (Wildman–Crippen MR) is 155 cm³/mol. The van der Waals surface area contributed by atoms with Crippen LogP contribution >= 0.6 is 11.3 Å². The minimum Gasteiger partial charge on any atom is -0.444 e. The fraction of sp³-hybridized carbons (Fsp3) is 0.483. The Labute approximate surface area is 237 Å². The normalized spacial score (nSPS) is 18.7. The van der Waals surface area contributed by atoms with Crippen molar-refractivity contribution in [3.8, 4) is 22.4 Å². The summed E-state index contributed by atoms with van der Waals surface area (Å²) in [6.07, 6.45) is 8.63. The highest BCUT2D eigenvalue weighted by atomic mass is 32.1. The van der Waals surface area contributed by atoms with Crippen molar-refractivity contribution >= 4 is 33.5 Å². The molecule has 3 aromatic heterocycles. The van der Waals surface area contributed by atoms with Gasteiger partial charge in [0, 0.05) is 48.6 Å². The Morgan fingerprint density at radius 2 is 1.90 bits per heavy atom. The number of aromatic nitrogens is 5. The van der Waals surface area contributed by atoms with E-state index in [0.717, 1.165) is 77.1 Å². The molecule has 2 fully saturated rings. The molecule has 11 heteroatoms. The molecule has 1 amide bonds. The van der Waals surface area contributed by atoms with Gasteiger partial charge in [0.1, 0.15) is 17.6 Å². The molecule has 1 unspecified atom stereocenters. The summed E-state index contributed by atoms with van der Waals surface area (Å²) in [4.78, 5) is 18.8. The van der Waals surface area contributed by atoms with Crippen LogP contribution in [-0.4, -0.2) is 67.3 Å². The molecule has 1 atom stereocenters. The Morgan fingerprint density at radius 3 is 2.62 bits per heavy atom. The number of carbonyl (C=O) groups is 1. The van der Waals surface area contributed by atoms with Gasteiger partial charge in [0.15, 0.2) is 0 Å². The van der Waals surface area contributed by atoms with Gasteiger partial charge in [-0.1, -0.05) is 12.1 Å². The van der Waals surface area contributed by atoms with Gasteiger partial charge in [-0.05, 0) is 65.0 Å². The molecule has 6 rings (SSSR count). The van der Waals surface area contributed by atoms with Gasteiger partial charge < -0.3 is 19.7 Å². The van der Waals surface area contributed by atoms with E-state index in [1.807, 2.05) is 49.3 Å². The molecule has 0 spiro atoms. The maximum Gasteiger partial charge on any atom is 0.410 e. The van der Waals surface area contributed by atoms with Gasteiger partial charge in [-0.3, -0.25) is 0 Å². The third kappa shape index (κ3) is 5.80. The highest BCUT2D eigenvalue weighted by Crippen LogP contribution is 2.37. The molecule has 2 aliphatic heterocycles. The number of fused-ring (bicyclic) bond motifs is 1. The summed E-state index contributed by atoms with van der Waals surface area (Å²) in [7, 11) is 0.